The number of nitrogens with one attached hydrogen (secondary N) is 1. The van der Waals surface area contributed by atoms with E-state index in [1.807, 2.05) is 0 Å². The van der Waals surface area contributed by atoms with Crippen LogP contribution >= 0.6 is 11.3 Å². The van der Waals surface area contributed by atoms with Crippen LogP contribution in [0.25, 0.3) is 0 Å². The maximum absolute atomic E-state index is 5.17. The molecule has 3 nitrogen and oxygen atoms in total. The molecular weight excluding hydrogens is 256 g/mol. The average molecular weight is 282 g/mol. The van der Waals surface area contributed by atoms with Crippen molar-refractivity contribution in [2.24, 2.45) is 5.92 Å². The number of aromatic nitrogens is 1. The average Bonchev–Trinajstić information content (AvgIpc) is 2.67. The Morgan fingerprint density at radius 2 is 2.11 bits per heavy atom. The lowest BCUT2D eigenvalue weighted by molar-refractivity contribution is 0.188. The monoisotopic (exact) mass is 282 g/mol. The summed E-state index contributed by atoms with van der Waals surface area (Å²) >= 11 is 1.80. The van der Waals surface area contributed by atoms with Crippen molar-refractivity contribution in [3.63, 3.8) is 0 Å². The Morgan fingerprint density at radius 3 is 2.68 bits per heavy atom. The third-order valence-electron chi connectivity index (χ3n) is 3.94. The summed E-state index contributed by atoms with van der Waals surface area (Å²) in [6, 6.07) is 0.423. The number of aryl methyl sites for hydroxylation is 1. The highest BCUT2D eigenvalue weighted by atomic mass is 32.1. The first-order valence-corrected chi connectivity index (χ1v) is 8.33. The first kappa shape index (κ1) is 14.9. The number of ether oxygens (including phenoxy) is 1. The molecule has 0 bridgehead atoms. The summed E-state index contributed by atoms with van der Waals surface area (Å²) in [7, 11) is 1.76. The van der Waals surface area contributed by atoms with E-state index in [0.717, 1.165) is 24.8 Å². The Morgan fingerprint density at radius 1 is 1.37 bits per heavy atom. The topological polar surface area (TPSA) is 34.1 Å². The van der Waals surface area contributed by atoms with Gasteiger partial charge in [-0.25, -0.2) is 4.98 Å². The van der Waals surface area contributed by atoms with Crippen molar-refractivity contribution in [2.75, 3.05) is 20.3 Å². The van der Waals surface area contributed by atoms with E-state index in [0.29, 0.717) is 6.04 Å². The van der Waals surface area contributed by atoms with E-state index in [1.54, 1.807) is 18.4 Å². The Labute approximate surface area is 120 Å². The van der Waals surface area contributed by atoms with E-state index >= 15 is 0 Å². The van der Waals surface area contributed by atoms with Gasteiger partial charge < -0.3 is 10.1 Å². The lowest BCUT2D eigenvalue weighted by Crippen LogP contribution is -2.30. The largest absolute Gasteiger partial charge is 0.383 e. The zero-order valence-electron chi connectivity index (χ0n) is 12.2. The fourth-order valence-corrected chi connectivity index (χ4v) is 3.89. The molecule has 4 heteroatoms. The van der Waals surface area contributed by atoms with Crippen LogP contribution in [-0.4, -0.2) is 25.2 Å². The molecule has 1 N–H and O–H groups in total. The number of hydrogen-bond donors (Lipinski definition) is 1. The molecule has 108 valence electrons. The van der Waals surface area contributed by atoms with Gasteiger partial charge in [0.2, 0.25) is 0 Å². The minimum absolute atomic E-state index is 0.423. The van der Waals surface area contributed by atoms with Crippen molar-refractivity contribution in [1.82, 2.24) is 10.3 Å². The lowest BCUT2D eigenvalue weighted by Gasteiger charge is -2.25. The van der Waals surface area contributed by atoms with Gasteiger partial charge in [-0.3, -0.25) is 0 Å². The van der Waals surface area contributed by atoms with Gasteiger partial charge in [0.1, 0.15) is 5.01 Å². The highest BCUT2D eigenvalue weighted by molar-refractivity contribution is 7.09. The smallest absolute Gasteiger partial charge is 0.110 e. The minimum atomic E-state index is 0.423. The van der Waals surface area contributed by atoms with Crippen LogP contribution in [0.2, 0.25) is 0 Å². The standard InChI is InChI=1S/C15H26N2OS/c1-12-11-19-15(17-12)14(16-9-10-18-2)13-7-5-3-4-6-8-13/h11,13-14,16H,3-10H2,1-2H3. The fourth-order valence-electron chi connectivity index (χ4n) is 2.93. The first-order chi connectivity index (χ1) is 9.31. The molecule has 0 aromatic carbocycles. The Bertz CT molecular complexity index is 359. The third kappa shape index (κ3) is 4.55. The number of nitrogens with zero attached hydrogens (tertiary/aromatic N) is 1. The van der Waals surface area contributed by atoms with Crippen molar-refractivity contribution in [3.05, 3.63) is 16.1 Å². The lowest BCUT2D eigenvalue weighted by atomic mass is 9.92. The van der Waals surface area contributed by atoms with Crippen LogP contribution in [0.15, 0.2) is 5.38 Å². The third-order valence-corrected chi connectivity index (χ3v) is 4.99. The van der Waals surface area contributed by atoms with E-state index in [-0.39, 0.29) is 0 Å². The second-order valence-electron chi connectivity index (χ2n) is 5.50. The van der Waals surface area contributed by atoms with Gasteiger partial charge >= 0.3 is 0 Å². The molecule has 1 saturated carbocycles. The minimum Gasteiger partial charge on any atom is -0.383 e. The molecule has 1 aliphatic carbocycles. The number of thiazole rings is 1. The van der Waals surface area contributed by atoms with Gasteiger partial charge in [0.05, 0.1) is 12.6 Å². The summed E-state index contributed by atoms with van der Waals surface area (Å²) < 4.78 is 5.17. The molecule has 0 radical (unpaired) electrons. The van der Waals surface area contributed by atoms with E-state index in [1.165, 1.54) is 43.5 Å². The van der Waals surface area contributed by atoms with Crippen LogP contribution in [-0.2, 0) is 4.74 Å². The van der Waals surface area contributed by atoms with Gasteiger partial charge in [-0.2, -0.15) is 0 Å². The van der Waals surface area contributed by atoms with Crippen molar-refractivity contribution in [1.29, 1.82) is 0 Å². The molecule has 1 unspecified atom stereocenters. The van der Waals surface area contributed by atoms with Crippen LogP contribution in [0.5, 0.6) is 0 Å². The molecule has 0 aliphatic heterocycles. The molecule has 1 aromatic rings. The van der Waals surface area contributed by atoms with Crippen LogP contribution in [0, 0.1) is 12.8 Å². The predicted molar refractivity (Wildman–Crippen MR) is 80.7 cm³/mol. The fraction of sp³-hybridized carbons (Fsp3) is 0.800. The van der Waals surface area contributed by atoms with Crippen LogP contribution in [0.1, 0.15) is 55.3 Å². The summed E-state index contributed by atoms with van der Waals surface area (Å²) in [4.78, 5) is 4.71. The highest BCUT2D eigenvalue weighted by Gasteiger charge is 2.25. The maximum atomic E-state index is 5.17. The van der Waals surface area contributed by atoms with Gasteiger partial charge in [0.25, 0.3) is 0 Å². The van der Waals surface area contributed by atoms with Gasteiger partial charge in [-0.05, 0) is 25.7 Å². The van der Waals surface area contributed by atoms with Crippen molar-refractivity contribution in [3.8, 4) is 0 Å². The van der Waals surface area contributed by atoms with E-state index in [4.69, 9.17) is 9.72 Å². The number of methoxy groups -OCH3 is 1. The molecule has 1 heterocycles. The number of rotatable bonds is 6. The molecule has 0 spiro atoms. The first-order valence-electron chi connectivity index (χ1n) is 7.45. The summed E-state index contributed by atoms with van der Waals surface area (Å²) in [5, 5.41) is 7.10. The van der Waals surface area contributed by atoms with E-state index in [9.17, 15) is 0 Å². The summed E-state index contributed by atoms with van der Waals surface area (Å²) in [6.07, 6.45) is 8.22. The number of hydrogen-bond acceptors (Lipinski definition) is 4. The molecule has 2 rings (SSSR count). The summed E-state index contributed by atoms with van der Waals surface area (Å²) in [6.45, 7) is 3.77. The SMILES string of the molecule is COCCNC(c1nc(C)cs1)C1CCCCCC1. The Kier molecular flexibility index (Phi) is 6.28. The van der Waals surface area contributed by atoms with Gasteiger partial charge in [0, 0.05) is 24.7 Å². The quantitative estimate of drug-likeness (QED) is 0.638. The molecule has 1 fully saturated rings. The van der Waals surface area contributed by atoms with Gasteiger partial charge in [0.15, 0.2) is 0 Å². The second-order valence-corrected chi connectivity index (χ2v) is 6.39. The predicted octanol–water partition coefficient (Wildman–Crippen LogP) is 3.70. The highest BCUT2D eigenvalue weighted by Crippen LogP contribution is 2.34. The van der Waals surface area contributed by atoms with Crippen molar-refractivity contribution >= 4 is 11.3 Å². The molecule has 0 saturated heterocycles. The molecule has 1 aromatic heterocycles. The van der Waals surface area contributed by atoms with Crippen LogP contribution in [0.4, 0.5) is 0 Å². The maximum Gasteiger partial charge on any atom is 0.110 e. The Balaban J connectivity index is 2.03. The van der Waals surface area contributed by atoms with Crippen molar-refractivity contribution < 1.29 is 4.74 Å². The van der Waals surface area contributed by atoms with Crippen LogP contribution < -0.4 is 5.32 Å². The second kappa shape index (κ2) is 7.98. The zero-order valence-corrected chi connectivity index (χ0v) is 13.0. The van der Waals surface area contributed by atoms with Gasteiger partial charge in [-0.15, -0.1) is 11.3 Å². The van der Waals surface area contributed by atoms with E-state index in [2.05, 4.69) is 17.6 Å². The molecule has 0 amide bonds. The summed E-state index contributed by atoms with van der Waals surface area (Å²) in [5.74, 6) is 0.741. The summed E-state index contributed by atoms with van der Waals surface area (Å²) in [5.41, 5.74) is 1.15. The molecular formula is C15H26N2OS. The van der Waals surface area contributed by atoms with Crippen molar-refractivity contribution in [2.45, 2.75) is 51.5 Å². The van der Waals surface area contributed by atoms with Crippen LogP contribution in [0.3, 0.4) is 0 Å². The molecule has 1 atom stereocenters. The molecule has 19 heavy (non-hydrogen) atoms. The van der Waals surface area contributed by atoms with E-state index < -0.39 is 0 Å². The molecule has 1 aliphatic rings. The van der Waals surface area contributed by atoms with Gasteiger partial charge in [-0.1, -0.05) is 25.7 Å². The normalized spacial score (nSPS) is 19.3. The Hall–Kier alpha value is -0.450. The zero-order chi connectivity index (χ0) is 13.5.